The van der Waals surface area contributed by atoms with Gasteiger partial charge in [0.05, 0.1) is 0 Å². The molecule has 1 aliphatic carbocycles. The van der Waals surface area contributed by atoms with Gasteiger partial charge in [-0.3, -0.25) is 0 Å². The van der Waals surface area contributed by atoms with Crippen LogP contribution in [0.1, 0.15) is 25.0 Å². The summed E-state index contributed by atoms with van der Waals surface area (Å²) in [5.41, 5.74) is -0.598. The fourth-order valence-electron chi connectivity index (χ4n) is 1.94. The zero-order chi connectivity index (χ0) is 11.3. The number of benzene rings is 1. The summed E-state index contributed by atoms with van der Waals surface area (Å²) in [6, 6.07) is 7.38. The minimum absolute atomic E-state index is 0.596. The maximum Gasteiger partial charge on any atom is 0.118 e. The van der Waals surface area contributed by atoms with Gasteiger partial charge < -0.3 is 10.2 Å². The van der Waals surface area contributed by atoms with Crippen LogP contribution in [0, 0.1) is 0 Å². The highest BCUT2D eigenvalue weighted by atomic mass is 79.9. The molecule has 1 aromatic carbocycles. The molecule has 15 heavy (non-hydrogen) atoms. The Hall–Kier alpha value is -0.640. The average Bonchev–Trinajstić information content (AvgIpc) is 2.15. The van der Waals surface area contributed by atoms with Gasteiger partial charge in [0, 0.05) is 4.48 Å². The first-order chi connectivity index (χ1) is 6.86. The largest absolute Gasteiger partial charge is 0.381 e. The van der Waals surface area contributed by atoms with Crippen molar-refractivity contribution in [3.63, 3.8) is 0 Å². The first kappa shape index (κ1) is 10.9. The highest BCUT2D eigenvalue weighted by Crippen LogP contribution is 2.44. The van der Waals surface area contributed by atoms with Crippen molar-refractivity contribution < 1.29 is 10.2 Å². The quantitative estimate of drug-likeness (QED) is 0.759. The molecule has 2 unspecified atom stereocenters. The van der Waals surface area contributed by atoms with E-state index in [1.807, 2.05) is 24.3 Å². The lowest BCUT2D eigenvalue weighted by molar-refractivity contribution is 0.0640. The molecule has 0 spiro atoms. The molecule has 1 aromatic rings. The van der Waals surface area contributed by atoms with Gasteiger partial charge in [0.2, 0.25) is 0 Å². The Labute approximate surface area is 97.4 Å². The van der Waals surface area contributed by atoms with E-state index < -0.39 is 11.2 Å². The van der Waals surface area contributed by atoms with E-state index in [9.17, 15) is 10.2 Å². The zero-order valence-corrected chi connectivity index (χ0v) is 10.2. The lowest BCUT2D eigenvalue weighted by Crippen LogP contribution is -2.34. The van der Waals surface area contributed by atoms with Gasteiger partial charge in [-0.05, 0) is 31.1 Å². The predicted molar refractivity (Wildman–Crippen MR) is 62.6 cm³/mol. The maximum absolute atomic E-state index is 10.3. The van der Waals surface area contributed by atoms with E-state index >= 15 is 0 Å². The van der Waals surface area contributed by atoms with E-state index in [0.717, 1.165) is 11.1 Å². The fourth-order valence-corrected chi connectivity index (χ4v) is 2.60. The molecule has 0 saturated carbocycles. The van der Waals surface area contributed by atoms with Crippen molar-refractivity contribution >= 4 is 15.9 Å². The second-order valence-corrected chi connectivity index (χ2v) is 5.11. The summed E-state index contributed by atoms with van der Waals surface area (Å²) in [7, 11) is 0. The highest BCUT2D eigenvalue weighted by Gasteiger charge is 2.39. The number of aliphatic hydroxyl groups is 2. The second-order valence-electron chi connectivity index (χ2n) is 4.26. The summed E-state index contributed by atoms with van der Waals surface area (Å²) in [4.78, 5) is 0. The van der Waals surface area contributed by atoms with Crippen molar-refractivity contribution in [3.8, 4) is 0 Å². The number of fused-ring (bicyclic) bond motifs is 1. The van der Waals surface area contributed by atoms with E-state index in [1.165, 1.54) is 0 Å². The Morgan fingerprint density at radius 2 is 1.60 bits per heavy atom. The molecule has 3 heteroatoms. The van der Waals surface area contributed by atoms with Gasteiger partial charge in [-0.1, -0.05) is 40.2 Å². The van der Waals surface area contributed by atoms with Gasteiger partial charge in [0.1, 0.15) is 11.2 Å². The molecule has 2 nitrogen and oxygen atoms in total. The summed E-state index contributed by atoms with van der Waals surface area (Å²) in [6.45, 7) is 3.42. The molecule has 80 valence electrons. The van der Waals surface area contributed by atoms with E-state index in [0.29, 0.717) is 4.48 Å². The third kappa shape index (κ3) is 1.55. The number of hydrogen-bond donors (Lipinski definition) is 2. The summed E-state index contributed by atoms with van der Waals surface area (Å²) in [6.07, 6.45) is 1.63. The smallest absolute Gasteiger partial charge is 0.118 e. The first-order valence-corrected chi connectivity index (χ1v) is 5.58. The molecular weight excluding hydrogens is 256 g/mol. The molecule has 0 amide bonds. The Morgan fingerprint density at radius 1 is 1.07 bits per heavy atom. The van der Waals surface area contributed by atoms with Crippen LogP contribution in [0.15, 0.2) is 34.8 Å². The maximum atomic E-state index is 10.3. The summed E-state index contributed by atoms with van der Waals surface area (Å²) in [5, 5.41) is 20.5. The van der Waals surface area contributed by atoms with Gasteiger partial charge >= 0.3 is 0 Å². The fraction of sp³-hybridized carbons (Fsp3) is 0.333. The van der Waals surface area contributed by atoms with Gasteiger partial charge in [0.15, 0.2) is 0 Å². The predicted octanol–water partition coefficient (Wildman–Crippen LogP) is 2.39. The lowest BCUT2D eigenvalue weighted by atomic mass is 9.78. The molecule has 1 aliphatic rings. The topological polar surface area (TPSA) is 40.5 Å². The van der Waals surface area contributed by atoms with Crippen LogP contribution < -0.4 is 0 Å². The van der Waals surface area contributed by atoms with E-state index in [1.54, 1.807) is 19.9 Å². The normalized spacial score (nSPS) is 34.6. The van der Waals surface area contributed by atoms with Gasteiger partial charge in [-0.25, -0.2) is 0 Å². The third-order valence-electron chi connectivity index (χ3n) is 2.87. The Balaban J connectivity index is 2.73. The van der Waals surface area contributed by atoms with E-state index in [4.69, 9.17) is 0 Å². The average molecular weight is 269 g/mol. The molecule has 0 saturated heterocycles. The van der Waals surface area contributed by atoms with Crippen LogP contribution in [-0.2, 0) is 11.2 Å². The van der Waals surface area contributed by atoms with Crippen molar-refractivity contribution in [2.24, 2.45) is 0 Å². The van der Waals surface area contributed by atoms with Crippen LogP contribution in [0.3, 0.4) is 0 Å². The molecular formula is C12H13BrO2. The molecule has 2 N–H and O–H groups in total. The van der Waals surface area contributed by atoms with Crippen LogP contribution in [0.4, 0.5) is 0 Å². The summed E-state index contributed by atoms with van der Waals surface area (Å²) >= 11 is 3.31. The van der Waals surface area contributed by atoms with Crippen LogP contribution in [0.5, 0.6) is 0 Å². The number of halogens is 1. The molecule has 0 heterocycles. The highest BCUT2D eigenvalue weighted by molar-refractivity contribution is 9.11. The molecule has 0 bridgehead atoms. The minimum Gasteiger partial charge on any atom is -0.381 e. The molecule has 2 rings (SSSR count). The van der Waals surface area contributed by atoms with Crippen molar-refractivity contribution in [1.29, 1.82) is 0 Å². The number of hydrogen-bond acceptors (Lipinski definition) is 2. The second kappa shape index (κ2) is 3.17. The van der Waals surface area contributed by atoms with Crippen LogP contribution in [0.2, 0.25) is 0 Å². The zero-order valence-electron chi connectivity index (χ0n) is 8.66. The molecule has 0 aromatic heterocycles. The Kier molecular flexibility index (Phi) is 2.30. The molecule has 0 fully saturated rings. The molecule has 0 radical (unpaired) electrons. The van der Waals surface area contributed by atoms with Crippen LogP contribution in [-0.4, -0.2) is 10.2 Å². The Morgan fingerprint density at radius 3 is 2.20 bits per heavy atom. The van der Waals surface area contributed by atoms with Crippen molar-refractivity contribution in [3.05, 3.63) is 46.0 Å². The minimum atomic E-state index is -1.06. The van der Waals surface area contributed by atoms with Crippen molar-refractivity contribution in [2.75, 3.05) is 0 Å². The van der Waals surface area contributed by atoms with Crippen molar-refractivity contribution in [1.82, 2.24) is 0 Å². The van der Waals surface area contributed by atoms with Crippen molar-refractivity contribution in [2.45, 2.75) is 25.0 Å². The third-order valence-corrected chi connectivity index (χ3v) is 3.87. The number of rotatable bonds is 0. The Bertz CT molecular complexity index is 433. The lowest BCUT2D eigenvalue weighted by Gasteiger charge is -2.36. The standard InChI is InChI=1S/C12H13BrO2/c1-11(14)7-10(13)12(2,15)9-6-4-3-5-8(9)11/h3-7,14-15H,1-2H3. The molecule has 2 atom stereocenters. The van der Waals surface area contributed by atoms with Gasteiger partial charge in [0.25, 0.3) is 0 Å². The SMILES string of the molecule is CC1(O)C=C(Br)C(C)(O)c2ccccc21. The van der Waals surface area contributed by atoms with Crippen LogP contribution in [0.25, 0.3) is 0 Å². The first-order valence-electron chi connectivity index (χ1n) is 4.79. The summed E-state index contributed by atoms with van der Waals surface area (Å²) < 4.78 is 0.596. The van der Waals surface area contributed by atoms with Gasteiger partial charge in [-0.2, -0.15) is 0 Å². The van der Waals surface area contributed by atoms with E-state index in [-0.39, 0.29) is 0 Å². The van der Waals surface area contributed by atoms with Gasteiger partial charge in [-0.15, -0.1) is 0 Å². The molecule has 0 aliphatic heterocycles. The monoisotopic (exact) mass is 268 g/mol. The van der Waals surface area contributed by atoms with E-state index in [2.05, 4.69) is 15.9 Å². The van der Waals surface area contributed by atoms with Crippen LogP contribution >= 0.6 is 15.9 Å². The summed E-state index contributed by atoms with van der Waals surface area (Å²) in [5.74, 6) is 0.